The highest BCUT2D eigenvalue weighted by Crippen LogP contribution is 2.25. The maximum atomic E-state index is 12.3. The minimum atomic E-state index is -2.88. The van der Waals surface area contributed by atoms with Gasteiger partial charge >= 0.3 is 6.61 Å². The van der Waals surface area contributed by atoms with E-state index >= 15 is 0 Å². The fraction of sp³-hybridized carbons (Fsp3) is 0.235. The topological polar surface area (TPSA) is 41.6 Å². The summed E-state index contributed by atoms with van der Waals surface area (Å²) in [6, 6.07) is 13.0. The lowest BCUT2D eigenvalue weighted by molar-refractivity contribution is -0.0498. The van der Waals surface area contributed by atoms with Gasteiger partial charge in [-0.3, -0.25) is 4.79 Å². The maximum absolute atomic E-state index is 12.3. The van der Waals surface area contributed by atoms with Crippen LogP contribution < -0.4 is 15.0 Å². The summed E-state index contributed by atoms with van der Waals surface area (Å²) in [4.78, 5) is 14.3. The quantitative estimate of drug-likeness (QED) is 0.875. The van der Waals surface area contributed by atoms with Crippen LogP contribution in [0, 0.1) is 0 Å². The number of anilines is 2. The van der Waals surface area contributed by atoms with Gasteiger partial charge in [0.1, 0.15) is 5.75 Å². The Kier molecular flexibility index (Phi) is 5.51. The number of amides is 1. The van der Waals surface area contributed by atoms with E-state index in [2.05, 4.69) is 10.1 Å². The third kappa shape index (κ3) is 4.42. The number of halogens is 2. The molecule has 23 heavy (non-hydrogen) atoms. The molecule has 0 atom stereocenters. The first-order valence-electron chi connectivity index (χ1n) is 7.17. The first-order valence-corrected chi connectivity index (χ1v) is 7.17. The summed E-state index contributed by atoms with van der Waals surface area (Å²) in [7, 11) is 1.93. The summed E-state index contributed by atoms with van der Waals surface area (Å²) in [6.45, 7) is -0.0708. The molecule has 0 bridgehead atoms. The van der Waals surface area contributed by atoms with Crippen LogP contribution in [-0.2, 0) is 0 Å². The molecule has 0 aromatic heterocycles. The second-order valence-electron chi connectivity index (χ2n) is 4.89. The number of carbonyl (C=O) groups excluding carboxylic acids is 1. The molecule has 0 heterocycles. The standard InChI is InChI=1S/C17H18F2N2O2/c1-3-21(2)15-7-5-4-6-14(15)20-16(22)12-8-10-13(11-9-12)23-17(18)19/h4-11,17H,3H2,1-2H3,(H,20,22). The summed E-state index contributed by atoms with van der Waals surface area (Å²) in [5.41, 5.74) is 1.95. The number of nitrogens with zero attached hydrogens (tertiary/aromatic N) is 1. The van der Waals surface area contributed by atoms with Gasteiger partial charge in [0.05, 0.1) is 11.4 Å². The minimum Gasteiger partial charge on any atom is -0.435 e. The maximum Gasteiger partial charge on any atom is 0.387 e. The Balaban J connectivity index is 2.13. The van der Waals surface area contributed by atoms with E-state index < -0.39 is 6.61 Å². The molecule has 0 fully saturated rings. The molecule has 6 heteroatoms. The number of rotatable bonds is 6. The molecule has 2 aromatic rings. The van der Waals surface area contributed by atoms with Gasteiger partial charge in [-0.05, 0) is 43.3 Å². The number of ether oxygens (including phenoxy) is 1. The molecule has 2 aromatic carbocycles. The lowest BCUT2D eigenvalue weighted by atomic mass is 10.2. The zero-order valence-corrected chi connectivity index (χ0v) is 12.9. The van der Waals surface area contributed by atoms with Gasteiger partial charge in [0.15, 0.2) is 0 Å². The molecule has 122 valence electrons. The second-order valence-corrected chi connectivity index (χ2v) is 4.89. The number of alkyl halides is 2. The number of benzene rings is 2. The molecule has 0 aliphatic rings. The third-order valence-electron chi connectivity index (χ3n) is 3.38. The van der Waals surface area contributed by atoms with Crippen molar-refractivity contribution in [1.29, 1.82) is 0 Å². The van der Waals surface area contributed by atoms with Crippen LogP contribution in [0.25, 0.3) is 0 Å². The van der Waals surface area contributed by atoms with Crippen molar-refractivity contribution in [3.8, 4) is 5.75 Å². The summed E-state index contributed by atoms with van der Waals surface area (Å²) in [6.07, 6.45) is 0. The predicted octanol–water partition coefficient (Wildman–Crippen LogP) is 4.00. The molecular weight excluding hydrogens is 302 g/mol. The highest BCUT2D eigenvalue weighted by atomic mass is 19.3. The Labute approximate surface area is 133 Å². The van der Waals surface area contributed by atoms with Crippen molar-refractivity contribution in [2.24, 2.45) is 0 Å². The highest BCUT2D eigenvalue weighted by Gasteiger charge is 2.11. The van der Waals surface area contributed by atoms with Gasteiger partial charge < -0.3 is 15.0 Å². The lowest BCUT2D eigenvalue weighted by Crippen LogP contribution is -2.19. The Morgan fingerprint density at radius 1 is 1.17 bits per heavy atom. The molecule has 0 radical (unpaired) electrons. The monoisotopic (exact) mass is 320 g/mol. The van der Waals surface area contributed by atoms with Gasteiger partial charge in [-0.2, -0.15) is 8.78 Å². The van der Waals surface area contributed by atoms with Crippen LogP contribution in [0.4, 0.5) is 20.2 Å². The predicted molar refractivity (Wildman–Crippen MR) is 86.4 cm³/mol. The van der Waals surface area contributed by atoms with Crippen LogP contribution in [-0.4, -0.2) is 26.1 Å². The summed E-state index contributed by atoms with van der Waals surface area (Å²) in [5, 5.41) is 2.83. The zero-order valence-electron chi connectivity index (χ0n) is 12.9. The zero-order chi connectivity index (χ0) is 16.8. The van der Waals surface area contributed by atoms with Gasteiger partial charge in [-0.15, -0.1) is 0 Å². The first kappa shape index (κ1) is 16.7. The first-order chi connectivity index (χ1) is 11.0. The number of para-hydroxylation sites is 2. The molecule has 0 aliphatic carbocycles. The molecule has 0 aliphatic heterocycles. The van der Waals surface area contributed by atoms with Crippen LogP contribution >= 0.6 is 0 Å². The molecule has 0 unspecified atom stereocenters. The van der Waals surface area contributed by atoms with Crippen molar-refractivity contribution >= 4 is 17.3 Å². The van der Waals surface area contributed by atoms with E-state index in [1.165, 1.54) is 24.3 Å². The molecule has 0 saturated heterocycles. The highest BCUT2D eigenvalue weighted by molar-refractivity contribution is 6.06. The van der Waals surface area contributed by atoms with Crippen LogP contribution in [0.2, 0.25) is 0 Å². The smallest absolute Gasteiger partial charge is 0.387 e. The Bertz CT molecular complexity index is 660. The molecule has 2 rings (SSSR count). The summed E-state index contributed by atoms with van der Waals surface area (Å²) in [5.74, 6) is -0.298. The number of carbonyl (C=O) groups is 1. The second kappa shape index (κ2) is 7.58. The molecule has 0 saturated carbocycles. The Hall–Kier alpha value is -2.63. The van der Waals surface area contributed by atoms with Gasteiger partial charge in [-0.25, -0.2) is 0 Å². The van der Waals surface area contributed by atoms with E-state index in [0.717, 1.165) is 12.2 Å². The molecule has 1 N–H and O–H groups in total. The van der Waals surface area contributed by atoms with E-state index in [9.17, 15) is 13.6 Å². The normalized spacial score (nSPS) is 10.5. The average Bonchev–Trinajstić information content (AvgIpc) is 2.54. The van der Waals surface area contributed by atoms with E-state index in [1.807, 2.05) is 43.1 Å². The van der Waals surface area contributed by atoms with E-state index in [0.29, 0.717) is 11.3 Å². The van der Waals surface area contributed by atoms with Crippen LogP contribution in [0.1, 0.15) is 17.3 Å². The fourth-order valence-electron chi connectivity index (χ4n) is 2.06. The van der Waals surface area contributed by atoms with Gasteiger partial charge in [0, 0.05) is 19.2 Å². The largest absolute Gasteiger partial charge is 0.435 e. The van der Waals surface area contributed by atoms with Crippen molar-refractivity contribution in [3.63, 3.8) is 0 Å². The van der Waals surface area contributed by atoms with Gasteiger partial charge in [-0.1, -0.05) is 12.1 Å². The van der Waals surface area contributed by atoms with E-state index in [1.54, 1.807) is 0 Å². The SMILES string of the molecule is CCN(C)c1ccccc1NC(=O)c1ccc(OC(F)F)cc1. The van der Waals surface area contributed by atoms with Crippen molar-refractivity contribution in [1.82, 2.24) is 0 Å². The Morgan fingerprint density at radius 2 is 1.83 bits per heavy atom. The summed E-state index contributed by atoms with van der Waals surface area (Å²) < 4.78 is 28.5. The molecule has 4 nitrogen and oxygen atoms in total. The van der Waals surface area contributed by atoms with E-state index in [-0.39, 0.29) is 11.7 Å². The van der Waals surface area contributed by atoms with Gasteiger partial charge in [0.2, 0.25) is 0 Å². The Morgan fingerprint density at radius 3 is 2.43 bits per heavy atom. The summed E-state index contributed by atoms with van der Waals surface area (Å²) >= 11 is 0. The van der Waals surface area contributed by atoms with Crippen molar-refractivity contribution < 1.29 is 18.3 Å². The van der Waals surface area contributed by atoms with Crippen LogP contribution in [0.15, 0.2) is 48.5 Å². The number of nitrogens with one attached hydrogen (secondary N) is 1. The number of hydrogen-bond acceptors (Lipinski definition) is 3. The van der Waals surface area contributed by atoms with Crippen molar-refractivity contribution in [2.75, 3.05) is 23.8 Å². The minimum absolute atomic E-state index is 0.0164. The lowest BCUT2D eigenvalue weighted by Gasteiger charge is -2.20. The van der Waals surface area contributed by atoms with E-state index in [4.69, 9.17) is 0 Å². The molecule has 1 amide bonds. The van der Waals surface area contributed by atoms with Crippen LogP contribution in [0.5, 0.6) is 5.75 Å². The number of hydrogen-bond donors (Lipinski definition) is 1. The average molecular weight is 320 g/mol. The van der Waals surface area contributed by atoms with Crippen LogP contribution in [0.3, 0.4) is 0 Å². The molecule has 0 spiro atoms. The van der Waals surface area contributed by atoms with Crippen molar-refractivity contribution in [3.05, 3.63) is 54.1 Å². The molecular formula is C17H18F2N2O2. The van der Waals surface area contributed by atoms with Gasteiger partial charge in [0.25, 0.3) is 5.91 Å². The fourth-order valence-corrected chi connectivity index (χ4v) is 2.06. The van der Waals surface area contributed by atoms with Crippen molar-refractivity contribution in [2.45, 2.75) is 13.5 Å². The third-order valence-corrected chi connectivity index (χ3v) is 3.38.